The first-order valence-electron chi connectivity index (χ1n) is 19.2. The van der Waals surface area contributed by atoms with Gasteiger partial charge >= 0.3 is 12.1 Å². The molecule has 0 bridgehead atoms. The third-order valence-electron chi connectivity index (χ3n) is 8.89. The van der Waals surface area contributed by atoms with E-state index in [0.717, 1.165) is 36.0 Å². The standard InChI is InChI=1S/C43H58N2O10/c1-31-37(51-28-32-18-10-7-11-19-32)38(52-29-33-20-12-8-13-21-33)39(53-30-34-22-14-9-15-23-34)41(54-31)50-27-17-6-5-16-26-44-40(48)35(24-25-36(46)47)45-42(49)55-43(2,3)4/h7-15,18-23,31,35,37-39,41H,5-6,16-17,24-30H2,1-4H3,(H,44,48)(H,45,49)(H,46,47)/t31-,35-,37+,38+,39-,41+/m0/s1. The average Bonchev–Trinajstić information content (AvgIpc) is 3.16. The van der Waals surface area contributed by atoms with Crippen LogP contribution in [-0.4, -0.2) is 78.6 Å². The van der Waals surface area contributed by atoms with E-state index in [1.807, 2.05) is 97.9 Å². The minimum Gasteiger partial charge on any atom is -0.481 e. The van der Waals surface area contributed by atoms with Crippen LogP contribution in [0.1, 0.15) is 82.9 Å². The van der Waals surface area contributed by atoms with Crippen LogP contribution in [-0.2, 0) is 57.8 Å². The van der Waals surface area contributed by atoms with Crippen molar-refractivity contribution in [1.82, 2.24) is 10.6 Å². The molecule has 0 radical (unpaired) electrons. The summed E-state index contributed by atoms with van der Waals surface area (Å²) in [6.45, 7) is 9.01. The molecule has 12 nitrogen and oxygen atoms in total. The van der Waals surface area contributed by atoms with Crippen LogP contribution in [0.5, 0.6) is 0 Å². The van der Waals surface area contributed by atoms with Crippen LogP contribution >= 0.6 is 0 Å². The lowest BCUT2D eigenvalue weighted by Gasteiger charge is -2.45. The predicted octanol–water partition coefficient (Wildman–Crippen LogP) is 6.94. The number of unbranched alkanes of at least 4 members (excludes halogenated alkanes) is 3. The SMILES string of the molecule is C[C@@H]1O[C@@H](OCCCCCCNC(=O)[C@H](CCC(=O)O)NC(=O)OC(C)(C)C)[C@@H](OCc2ccccc2)[C@H](OCc2ccccc2)[C@@H]1OCc1ccccc1. The topological polar surface area (TPSA) is 151 Å². The molecule has 1 aliphatic heterocycles. The Morgan fingerprint density at radius 3 is 1.75 bits per heavy atom. The third-order valence-corrected chi connectivity index (χ3v) is 8.89. The molecule has 1 saturated heterocycles. The number of ether oxygens (including phenoxy) is 6. The molecule has 0 spiro atoms. The van der Waals surface area contributed by atoms with E-state index in [-0.39, 0.29) is 18.9 Å². The molecule has 2 amide bonds. The van der Waals surface area contributed by atoms with Crippen LogP contribution in [0.4, 0.5) is 4.79 Å². The van der Waals surface area contributed by atoms with E-state index in [0.29, 0.717) is 39.4 Å². The second-order valence-electron chi connectivity index (χ2n) is 14.7. The molecule has 3 aromatic carbocycles. The Labute approximate surface area is 325 Å². The molecule has 55 heavy (non-hydrogen) atoms. The van der Waals surface area contributed by atoms with Crippen LogP contribution in [0, 0.1) is 0 Å². The number of nitrogens with one attached hydrogen (secondary N) is 2. The van der Waals surface area contributed by atoms with Crippen molar-refractivity contribution in [3.8, 4) is 0 Å². The molecule has 0 unspecified atom stereocenters. The number of alkyl carbamates (subject to hydrolysis) is 1. The van der Waals surface area contributed by atoms with Crippen molar-refractivity contribution in [1.29, 1.82) is 0 Å². The highest BCUT2D eigenvalue weighted by molar-refractivity contribution is 5.86. The van der Waals surface area contributed by atoms with Gasteiger partial charge in [0.25, 0.3) is 0 Å². The summed E-state index contributed by atoms with van der Waals surface area (Å²) < 4.78 is 37.9. The molecule has 1 aliphatic rings. The number of carboxylic acid groups (broad SMARTS) is 1. The second-order valence-corrected chi connectivity index (χ2v) is 14.7. The van der Waals surface area contributed by atoms with Crippen molar-refractivity contribution in [2.45, 2.75) is 128 Å². The van der Waals surface area contributed by atoms with E-state index in [9.17, 15) is 14.4 Å². The zero-order valence-corrected chi connectivity index (χ0v) is 32.5. The van der Waals surface area contributed by atoms with Gasteiger partial charge in [-0.1, -0.05) is 104 Å². The first kappa shape index (κ1) is 43.4. The second kappa shape index (κ2) is 22.9. The Hall–Kier alpha value is -4.33. The van der Waals surface area contributed by atoms with Crippen molar-refractivity contribution < 1.29 is 47.9 Å². The van der Waals surface area contributed by atoms with E-state index in [2.05, 4.69) is 10.6 Å². The summed E-state index contributed by atoms with van der Waals surface area (Å²) >= 11 is 0. The van der Waals surface area contributed by atoms with Gasteiger partial charge in [-0.05, 0) is 63.6 Å². The molecular formula is C43H58N2O10. The zero-order chi connectivity index (χ0) is 39.5. The highest BCUT2D eigenvalue weighted by Gasteiger charge is 2.47. The fraction of sp³-hybridized carbons (Fsp3) is 0.512. The van der Waals surface area contributed by atoms with Crippen molar-refractivity contribution in [3.63, 3.8) is 0 Å². The third kappa shape index (κ3) is 16.1. The van der Waals surface area contributed by atoms with Gasteiger partial charge in [0, 0.05) is 19.6 Å². The number of rotatable bonds is 22. The van der Waals surface area contributed by atoms with Gasteiger partial charge in [0.2, 0.25) is 5.91 Å². The van der Waals surface area contributed by atoms with Crippen molar-refractivity contribution in [3.05, 3.63) is 108 Å². The summed E-state index contributed by atoms with van der Waals surface area (Å²) in [4.78, 5) is 36.2. The summed E-state index contributed by atoms with van der Waals surface area (Å²) in [5, 5.41) is 14.4. The molecule has 0 aliphatic carbocycles. The summed E-state index contributed by atoms with van der Waals surface area (Å²) in [5.41, 5.74) is 2.35. The van der Waals surface area contributed by atoms with Gasteiger partial charge in [-0.25, -0.2) is 4.79 Å². The molecule has 6 atom stereocenters. The fourth-order valence-corrected chi connectivity index (χ4v) is 6.10. The maximum Gasteiger partial charge on any atom is 0.408 e. The lowest BCUT2D eigenvalue weighted by atomic mass is 9.98. The van der Waals surface area contributed by atoms with Crippen LogP contribution in [0.25, 0.3) is 0 Å². The molecule has 1 fully saturated rings. The van der Waals surface area contributed by atoms with Gasteiger partial charge in [-0.2, -0.15) is 0 Å². The molecule has 12 heteroatoms. The van der Waals surface area contributed by atoms with Crippen molar-refractivity contribution in [2.75, 3.05) is 13.2 Å². The van der Waals surface area contributed by atoms with Gasteiger partial charge in [-0.15, -0.1) is 0 Å². The molecule has 300 valence electrons. The summed E-state index contributed by atoms with van der Waals surface area (Å²) in [7, 11) is 0. The summed E-state index contributed by atoms with van der Waals surface area (Å²) in [5.74, 6) is -1.50. The first-order valence-corrected chi connectivity index (χ1v) is 19.2. The van der Waals surface area contributed by atoms with Crippen LogP contribution in [0.15, 0.2) is 91.0 Å². The Bertz CT molecular complexity index is 1550. The number of carbonyl (C=O) groups is 3. The van der Waals surface area contributed by atoms with Gasteiger partial charge in [0.1, 0.15) is 30.0 Å². The van der Waals surface area contributed by atoms with E-state index >= 15 is 0 Å². The number of aliphatic carboxylic acids is 1. The maximum atomic E-state index is 12.8. The van der Waals surface area contributed by atoms with Crippen molar-refractivity contribution >= 4 is 18.0 Å². The molecule has 3 N–H and O–H groups in total. The number of hydrogen-bond donors (Lipinski definition) is 3. The number of hydrogen-bond acceptors (Lipinski definition) is 9. The lowest BCUT2D eigenvalue weighted by Crippen LogP contribution is -2.60. The van der Waals surface area contributed by atoms with E-state index < -0.39 is 54.2 Å². The molecular weight excluding hydrogens is 704 g/mol. The molecule has 4 rings (SSSR count). The summed E-state index contributed by atoms with van der Waals surface area (Å²) in [6, 6.07) is 29.0. The van der Waals surface area contributed by atoms with Crippen molar-refractivity contribution in [2.24, 2.45) is 0 Å². The highest BCUT2D eigenvalue weighted by Crippen LogP contribution is 2.31. The smallest absolute Gasteiger partial charge is 0.408 e. The molecule has 0 saturated carbocycles. The van der Waals surface area contributed by atoms with Gasteiger partial charge in [-0.3, -0.25) is 9.59 Å². The first-order chi connectivity index (χ1) is 26.5. The molecule has 0 aromatic heterocycles. The zero-order valence-electron chi connectivity index (χ0n) is 32.5. The largest absolute Gasteiger partial charge is 0.481 e. The Kier molecular flexibility index (Phi) is 18.1. The van der Waals surface area contributed by atoms with E-state index in [1.54, 1.807) is 20.8 Å². The summed E-state index contributed by atoms with van der Waals surface area (Å²) in [6.07, 6.45) is -0.542. The number of carbonyl (C=O) groups excluding carboxylic acids is 2. The van der Waals surface area contributed by atoms with Crippen LogP contribution in [0.2, 0.25) is 0 Å². The average molecular weight is 763 g/mol. The monoisotopic (exact) mass is 762 g/mol. The lowest BCUT2D eigenvalue weighted by molar-refractivity contribution is -0.320. The van der Waals surface area contributed by atoms with E-state index in [1.165, 1.54) is 0 Å². The van der Waals surface area contributed by atoms with Crippen LogP contribution in [0.3, 0.4) is 0 Å². The van der Waals surface area contributed by atoms with Gasteiger partial charge in [0.05, 0.1) is 25.9 Å². The Morgan fingerprint density at radius 1 is 0.709 bits per heavy atom. The Morgan fingerprint density at radius 2 is 1.22 bits per heavy atom. The number of amides is 2. The number of benzene rings is 3. The quantitative estimate of drug-likeness (QED) is 0.0919. The minimum absolute atomic E-state index is 0.0479. The predicted molar refractivity (Wildman–Crippen MR) is 207 cm³/mol. The fourth-order valence-electron chi connectivity index (χ4n) is 6.10. The molecule has 3 aromatic rings. The highest BCUT2D eigenvalue weighted by atomic mass is 16.7. The normalized spacial score (nSPS) is 20.3. The Balaban J connectivity index is 1.32. The number of carboxylic acids is 1. The molecule has 1 heterocycles. The van der Waals surface area contributed by atoms with Gasteiger partial charge in [0.15, 0.2) is 6.29 Å². The van der Waals surface area contributed by atoms with Gasteiger partial charge < -0.3 is 44.2 Å². The van der Waals surface area contributed by atoms with Crippen LogP contribution < -0.4 is 10.6 Å². The minimum atomic E-state index is -1.06. The van der Waals surface area contributed by atoms with E-state index in [4.69, 9.17) is 33.5 Å². The maximum absolute atomic E-state index is 12.8.